The van der Waals surface area contributed by atoms with E-state index in [-0.39, 0.29) is 0 Å². The van der Waals surface area contributed by atoms with Crippen LogP contribution < -0.4 is 0 Å². The molecule has 2 fully saturated rings. The molecule has 0 amide bonds. The molecule has 2 aliphatic rings. The van der Waals surface area contributed by atoms with Crippen LogP contribution in [0.5, 0.6) is 0 Å². The van der Waals surface area contributed by atoms with Crippen molar-refractivity contribution in [3.8, 4) is 0 Å². The maximum atomic E-state index is 5.83. The molecule has 0 aromatic rings. The Balaban J connectivity index is 1.53. The molecule has 0 aromatic heterocycles. The van der Waals surface area contributed by atoms with Crippen LogP contribution in [0.25, 0.3) is 0 Å². The lowest BCUT2D eigenvalue weighted by atomic mass is 9.90. The summed E-state index contributed by atoms with van der Waals surface area (Å²) in [6.45, 7) is 3.80. The van der Waals surface area contributed by atoms with E-state index in [0.29, 0.717) is 5.92 Å². The summed E-state index contributed by atoms with van der Waals surface area (Å²) in [5.74, 6) is 1.52. The summed E-state index contributed by atoms with van der Waals surface area (Å²) in [5.41, 5.74) is 0. The van der Waals surface area contributed by atoms with Crippen molar-refractivity contribution >= 4 is 0 Å². The van der Waals surface area contributed by atoms with Crippen LogP contribution in [0.15, 0.2) is 0 Å². The van der Waals surface area contributed by atoms with Crippen LogP contribution in [0.1, 0.15) is 44.9 Å². The number of hydrogen-bond acceptors (Lipinski definition) is 2. The summed E-state index contributed by atoms with van der Waals surface area (Å²) >= 11 is 0. The first kappa shape index (κ1) is 11.4. The Hall–Kier alpha value is -0.0800. The predicted molar refractivity (Wildman–Crippen MR) is 60.9 cm³/mol. The van der Waals surface area contributed by atoms with Gasteiger partial charge in [0.1, 0.15) is 0 Å². The van der Waals surface area contributed by atoms with Crippen molar-refractivity contribution in [2.75, 3.05) is 26.4 Å². The lowest BCUT2D eigenvalue weighted by Crippen LogP contribution is -2.23. The molecule has 0 spiro atoms. The fourth-order valence-corrected chi connectivity index (χ4v) is 2.69. The van der Waals surface area contributed by atoms with Gasteiger partial charge in [0.05, 0.1) is 13.2 Å². The summed E-state index contributed by atoms with van der Waals surface area (Å²) < 4.78 is 11.3. The molecule has 0 radical (unpaired) electrons. The molecule has 15 heavy (non-hydrogen) atoms. The Morgan fingerprint density at radius 2 is 1.60 bits per heavy atom. The SMILES string of the molecule is C1CCC(COCC2CCCOC2)CC1. The monoisotopic (exact) mass is 212 g/mol. The Bertz CT molecular complexity index is 140. The largest absolute Gasteiger partial charge is 0.381 e. The molecule has 1 heterocycles. The van der Waals surface area contributed by atoms with Gasteiger partial charge in [-0.2, -0.15) is 0 Å². The number of ether oxygens (including phenoxy) is 2. The van der Waals surface area contributed by atoms with Crippen molar-refractivity contribution in [3.05, 3.63) is 0 Å². The zero-order valence-electron chi connectivity index (χ0n) is 9.75. The molecule has 1 atom stereocenters. The molecule has 1 aliphatic heterocycles. The van der Waals surface area contributed by atoms with Gasteiger partial charge in [-0.05, 0) is 31.6 Å². The van der Waals surface area contributed by atoms with Gasteiger partial charge in [-0.1, -0.05) is 19.3 Å². The van der Waals surface area contributed by atoms with E-state index < -0.39 is 0 Å². The Kier molecular flexibility index (Phi) is 4.94. The second-order valence-corrected chi connectivity index (χ2v) is 5.12. The Morgan fingerprint density at radius 1 is 0.867 bits per heavy atom. The van der Waals surface area contributed by atoms with Crippen molar-refractivity contribution in [3.63, 3.8) is 0 Å². The molecular weight excluding hydrogens is 188 g/mol. The van der Waals surface area contributed by atoms with Gasteiger partial charge in [-0.3, -0.25) is 0 Å². The van der Waals surface area contributed by atoms with Crippen molar-refractivity contribution < 1.29 is 9.47 Å². The second kappa shape index (κ2) is 6.49. The van der Waals surface area contributed by atoms with E-state index in [1.54, 1.807) is 0 Å². The molecule has 2 rings (SSSR count). The van der Waals surface area contributed by atoms with Crippen LogP contribution in [0.3, 0.4) is 0 Å². The Morgan fingerprint density at radius 3 is 2.33 bits per heavy atom. The molecule has 0 aromatic carbocycles. The van der Waals surface area contributed by atoms with Gasteiger partial charge in [-0.15, -0.1) is 0 Å². The maximum Gasteiger partial charge on any atom is 0.0516 e. The molecule has 2 nitrogen and oxygen atoms in total. The van der Waals surface area contributed by atoms with Crippen LogP contribution in [0, 0.1) is 11.8 Å². The van der Waals surface area contributed by atoms with Crippen molar-refractivity contribution in [1.82, 2.24) is 0 Å². The highest BCUT2D eigenvalue weighted by atomic mass is 16.5. The standard InChI is InChI=1S/C13H24O2/c1-2-5-12(6-3-1)9-15-11-13-7-4-8-14-10-13/h12-13H,1-11H2. The minimum Gasteiger partial charge on any atom is -0.381 e. The number of hydrogen-bond donors (Lipinski definition) is 0. The minimum atomic E-state index is 0.669. The topological polar surface area (TPSA) is 18.5 Å². The van der Waals surface area contributed by atoms with Gasteiger partial charge < -0.3 is 9.47 Å². The normalized spacial score (nSPS) is 29.2. The summed E-state index contributed by atoms with van der Waals surface area (Å²) in [7, 11) is 0. The third kappa shape index (κ3) is 4.12. The summed E-state index contributed by atoms with van der Waals surface area (Å²) in [4.78, 5) is 0. The fourth-order valence-electron chi connectivity index (χ4n) is 2.69. The van der Waals surface area contributed by atoms with Crippen molar-refractivity contribution in [2.45, 2.75) is 44.9 Å². The third-order valence-electron chi connectivity index (χ3n) is 3.69. The average molecular weight is 212 g/mol. The number of rotatable bonds is 4. The zero-order valence-corrected chi connectivity index (χ0v) is 9.75. The quantitative estimate of drug-likeness (QED) is 0.713. The van der Waals surface area contributed by atoms with Gasteiger partial charge in [0.25, 0.3) is 0 Å². The van der Waals surface area contributed by atoms with Crippen LogP contribution in [0.4, 0.5) is 0 Å². The molecular formula is C13H24O2. The first-order chi connectivity index (χ1) is 7.45. The lowest BCUT2D eigenvalue weighted by Gasteiger charge is -2.25. The average Bonchev–Trinajstić information content (AvgIpc) is 2.32. The zero-order chi connectivity index (χ0) is 10.3. The molecule has 1 saturated heterocycles. The van der Waals surface area contributed by atoms with E-state index in [9.17, 15) is 0 Å². The molecule has 1 aliphatic carbocycles. The van der Waals surface area contributed by atoms with Crippen LogP contribution in [0.2, 0.25) is 0 Å². The van der Waals surface area contributed by atoms with E-state index in [1.807, 2.05) is 0 Å². The van der Waals surface area contributed by atoms with E-state index in [0.717, 1.165) is 32.3 Å². The van der Waals surface area contributed by atoms with Crippen LogP contribution in [-0.2, 0) is 9.47 Å². The predicted octanol–water partition coefficient (Wildman–Crippen LogP) is 3.01. The first-order valence-corrected chi connectivity index (χ1v) is 6.60. The highest BCUT2D eigenvalue weighted by molar-refractivity contribution is 4.66. The van der Waals surface area contributed by atoms with E-state index in [4.69, 9.17) is 9.47 Å². The fraction of sp³-hybridized carbons (Fsp3) is 1.00. The van der Waals surface area contributed by atoms with Crippen molar-refractivity contribution in [2.24, 2.45) is 11.8 Å². The smallest absolute Gasteiger partial charge is 0.0516 e. The molecule has 1 unspecified atom stereocenters. The molecule has 2 heteroatoms. The second-order valence-electron chi connectivity index (χ2n) is 5.12. The van der Waals surface area contributed by atoms with Gasteiger partial charge in [0.2, 0.25) is 0 Å². The maximum absolute atomic E-state index is 5.83. The molecule has 88 valence electrons. The highest BCUT2D eigenvalue weighted by Crippen LogP contribution is 2.24. The molecule has 1 saturated carbocycles. The van der Waals surface area contributed by atoms with E-state index >= 15 is 0 Å². The van der Waals surface area contributed by atoms with Gasteiger partial charge in [-0.25, -0.2) is 0 Å². The summed E-state index contributed by atoms with van der Waals surface area (Å²) in [6, 6.07) is 0. The first-order valence-electron chi connectivity index (χ1n) is 6.60. The van der Waals surface area contributed by atoms with Crippen LogP contribution in [-0.4, -0.2) is 26.4 Å². The third-order valence-corrected chi connectivity index (χ3v) is 3.69. The highest BCUT2D eigenvalue weighted by Gasteiger charge is 2.16. The lowest BCUT2D eigenvalue weighted by molar-refractivity contribution is -0.00555. The summed E-state index contributed by atoms with van der Waals surface area (Å²) in [5, 5.41) is 0. The Labute approximate surface area is 93.3 Å². The minimum absolute atomic E-state index is 0.669. The van der Waals surface area contributed by atoms with Gasteiger partial charge in [0, 0.05) is 19.1 Å². The van der Waals surface area contributed by atoms with Gasteiger partial charge in [0.15, 0.2) is 0 Å². The molecule has 0 N–H and O–H groups in total. The summed E-state index contributed by atoms with van der Waals surface area (Å²) in [6.07, 6.45) is 9.57. The van der Waals surface area contributed by atoms with Crippen LogP contribution >= 0.6 is 0 Å². The van der Waals surface area contributed by atoms with E-state index in [1.165, 1.54) is 44.9 Å². The van der Waals surface area contributed by atoms with Gasteiger partial charge >= 0.3 is 0 Å². The van der Waals surface area contributed by atoms with Crippen molar-refractivity contribution in [1.29, 1.82) is 0 Å². The molecule has 0 bridgehead atoms. The van der Waals surface area contributed by atoms with E-state index in [2.05, 4.69) is 0 Å².